The summed E-state index contributed by atoms with van der Waals surface area (Å²) in [6, 6.07) is 16.3. The maximum Gasteiger partial charge on any atom is 0.344 e. The summed E-state index contributed by atoms with van der Waals surface area (Å²) in [5.41, 5.74) is 3.66. The van der Waals surface area contributed by atoms with Crippen LogP contribution < -0.4 is 4.74 Å². The molecular weight excluding hydrogens is 348 g/mol. The molecule has 0 spiro atoms. The molecule has 0 bridgehead atoms. The summed E-state index contributed by atoms with van der Waals surface area (Å²) in [5.74, 6) is -0.388. The first-order valence-corrected chi connectivity index (χ1v) is 10.7. The van der Waals surface area contributed by atoms with Crippen LogP contribution in [0.3, 0.4) is 0 Å². The third kappa shape index (κ3) is 7.75. The molecule has 1 N–H and O–H groups in total. The van der Waals surface area contributed by atoms with Gasteiger partial charge < -0.3 is 9.84 Å². The van der Waals surface area contributed by atoms with Crippen LogP contribution in [0.25, 0.3) is 11.1 Å². The van der Waals surface area contributed by atoms with E-state index in [-0.39, 0.29) is 0 Å². The Morgan fingerprint density at radius 3 is 1.86 bits per heavy atom. The van der Waals surface area contributed by atoms with Crippen molar-refractivity contribution in [2.75, 3.05) is 0 Å². The average Bonchev–Trinajstić information content (AvgIpc) is 2.71. The van der Waals surface area contributed by atoms with Gasteiger partial charge >= 0.3 is 5.97 Å². The van der Waals surface area contributed by atoms with E-state index in [1.54, 1.807) is 0 Å². The molecule has 0 saturated heterocycles. The highest BCUT2D eigenvalue weighted by Gasteiger charge is 2.12. The lowest BCUT2D eigenvalue weighted by Gasteiger charge is -2.11. The van der Waals surface area contributed by atoms with E-state index in [0.29, 0.717) is 5.75 Å². The Hall–Kier alpha value is -2.29. The Labute approximate surface area is 169 Å². The number of carbonyl (C=O) groups is 1. The van der Waals surface area contributed by atoms with Crippen molar-refractivity contribution < 1.29 is 14.6 Å². The molecular formula is C25H34O3. The highest BCUT2D eigenvalue weighted by atomic mass is 16.5. The lowest BCUT2D eigenvalue weighted by atomic mass is 10.0. The number of carboxylic acid groups (broad SMARTS) is 1. The molecule has 0 saturated carbocycles. The number of hydrogen-bond donors (Lipinski definition) is 1. The molecule has 1 unspecified atom stereocenters. The van der Waals surface area contributed by atoms with Crippen LogP contribution in [-0.2, 0) is 11.2 Å². The summed E-state index contributed by atoms with van der Waals surface area (Å²) < 4.78 is 5.38. The first-order chi connectivity index (χ1) is 13.6. The predicted molar refractivity (Wildman–Crippen MR) is 116 cm³/mol. The fourth-order valence-corrected chi connectivity index (χ4v) is 3.31. The molecule has 0 radical (unpaired) electrons. The molecule has 0 aliphatic rings. The topological polar surface area (TPSA) is 46.5 Å². The van der Waals surface area contributed by atoms with Gasteiger partial charge in [0.2, 0.25) is 0 Å². The summed E-state index contributed by atoms with van der Waals surface area (Å²) in [4.78, 5) is 10.9. The summed E-state index contributed by atoms with van der Waals surface area (Å²) >= 11 is 0. The Balaban J connectivity index is 1.75. The van der Waals surface area contributed by atoms with Crippen LogP contribution >= 0.6 is 0 Å². The third-order valence-corrected chi connectivity index (χ3v) is 5.12. The van der Waals surface area contributed by atoms with Crippen LogP contribution in [0.15, 0.2) is 48.5 Å². The van der Waals surface area contributed by atoms with Crippen LogP contribution in [0.1, 0.15) is 70.8 Å². The van der Waals surface area contributed by atoms with E-state index in [0.717, 1.165) is 17.5 Å². The lowest BCUT2D eigenvalue weighted by Crippen LogP contribution is -2.22. The molecule has 2 aromatic rings. The number of aliphatic carboxylic acids is 1. The first-order valence-electron chi connectivity index (χ1n) is 10.7. The molecule has 0 aliphatic carbocycles. The van der Waals surface area contributed by atoms with E-state index < -0.39 is 12.1 Å². The minimum atomic E-state index is -0.962. The van der Waals surface area contributed by atoms with Crippen molar-refractivity contribution in [2.45, 2.75) is 77.7 Å². The van der Waals surface area contributed by atoms with Gasteiger partial charge in [-0.25, -0.2) is 4.79 Å². The SMILES string of the molecule is CCCCCCCCCCc1ccc(-c2ccc(OC(C)C(=O)O)cc2)cc1. The standard InChI is InChI=1S/C25H34O3/c1-3-4-5-6-7-8-9-10-11-21-12-14-22(15-13-21)23-16-18-24(19-17-23)28-20(2)25(26)27/h12-20H,3-11H2,1-2H3,(H,26,27). The van der Waals surface area contributed by atoms with E-state index in [4.69, 9.17) is 9.84 Å². The minimum Gasteiger partial charge on any atom is -0.479 e. The van der Waals surface area contributed by atoms with Crippen LogP contribution in [0.4, 0.5) is 0 Å². The normalized spacial score (nSPS) is 11.9. The number of ether oxygens (including phenoxy) is 1. The molecule has 3 nitrogen and oxygen atoms in total. The van der Waals surface area contributed by atoms with Crippen molar-refractivity contribution in [3.05, 3.63) is 54.1 Å². The maximum absolute atomic E-state index is 10.9. The smallest absolute Gasteiger partial charge is 0.344 e. The number of benzene rings is 2. The van der Waals surface area contributed by atoms with Crippen LogP contribution in [0.2, 0.25) is 0 Å². The van der Waals surface area contributed by atoms with Gasteiger partial charge in [0.1, 0.15) is 5.75 Å². The van der Waals surface area contributed by atoms with Crippen molar-refractivity contribution in [2.24, 2.45) is 0 Å². The zero-order valence-electron chi connectivity index (χ0n) is 17.3. The second-order valence-corrected chi connectivity index (χ2v) is 7.54. The maximum atomic E-state index is 10.9. The van der Waals surface area contributed by atoms with Crippen LogP contribution in [0.5, 0.6) is 5.75 Å². The fraction of sp³-hybridized carbons (Fsp3) is 0.480. The van der Waals surface area contributed by atoms with Gasteiger partial charge in [0.15, 0.2) is 6.10 Å². The zero-order chi connectivity index (χ0) is 20.2. The van der Waals surface area contributed by atoms with Gasteiger partial charge in [0.05, 0.1) is 0 Å². The summed E-state index contributed by atoms with van der Waals surface area (Å²) in [6.07, 6.45) is 11.1. The molecule has 0 aliphatic heterocycles. The van der Waals surface area contributed by atoms with Crippen molar-refractivity contribution in [3.8, 4) is 16.9 Å². The van der Waals surface area contributed by atoms with Gasteiger partial charge in [-0.1, -0.05) is 88.3 Å². The highest BCUT2D eigenvalue weighted by molar-refractivity contribution is 5.72. The second-order valence-electron chi connectivity index (χ2n) is 7.54. The number of rotatable bonds is 13. The van der Waals surface area contributed by atoms with Gasteiger partial charge in [-0.3, -0.25) is 0 Å². The summed E-state index contributed by atoms with van der Waals surface area (Å²) in [5, 5.41) is 8.91. The van der Waals surface area contributed by atoms with E-state index in [1.807, 2.05) is 24.3 Å². The van der Waals surface area contributed by atoms with Crippen molar-refractivity contribution >= 4 is 5.97 Å². The van der Waals surface area contributed by atoms with Gasteiger partial charge in [-0.15, -0.1) is 0 Å². The Morgan fingerprint density at radius 2 is 1.32 bits per heavy atom. The second kappa shape index (κ2) is 12.2. The largest absolute Gasteiger partial charge is 0.479 e. The molecule has 2 aromatic carbocycles. The number of unbranched alkanes of at least 4 members (excludes halogenated alkanes) is 7. The molecule has 3 heteroatoms. The molecule has 0 amide bonds. The number of aryl methyl sites for hydroxylation is 1. The quantitative estimate of drug-likeness (QED) is 0.384. The average molecular weight is 383 g/mol. The van der Waals surface area contributed by atoms with E-state index in [1.165, 1.54) is 63.9 Å². The van der Waals surface area contributed by atoms with Crippen LogP contribution in [-0.4, -0.2) is 17.2 Å². The molecule has 0 aromatic heterocycles. The Kier molecular flexibility index (Phi) is 9.61. The van der Waals surface area contributed by atoms with E-state index in [9.17, 15) is 4.79 Å². The predicted octanol–water partition coefficient (Wildman–Crippen LogP) is 6.89. The van der Waals surface area contributed by atoms with Gasteiger partial charge in [-0.2, -0.15) is 0 Å². The molecule has 152 valence electrons. The third-order valence-electron chi connectivity index (χ3n) is 5.12. The molecule has 0 fully saturated rings. The van der Waals surface area contributed by atoms with Gasteiger partial charge in [0.25, 0.3) is 0 Å². The highest BCUT2D eigenvalue weighted by Crippen LogP contribution is 2.24. The molecule has 0 heterocycles. The van der Waals surface area contributed by atoms with Crippen LogP contribution in [0, 0.1) is 0 Å². The molecule has 1 atom stereocenters. The first kappa shape index (κ1) is 22.0. The van der Waals surface area contributed by atoms with E-state index >= 15 is 0 Å². The lowest BCUT2D eigenvalue weighted by molar-refractivity contribution is -0.144. The fourth-order valence-electron chi connectivity index (χ4n) is 3.31. The van der Waals surface area contributed by atoms with Crippen molar-refractivity contribution in [1.82, 2.24) is 0 Å². The van der Waals surface area contributed by atoms with E-state index in [2.05, 4.69) is 31.2 Å². The Bertz CT molecular complexity index is 689. The van der Waals surface area contributed by atoms with Gasteiger partial charge in [-0.05, 0) is 48.6 Å². The number of carboxylic acids is 1. The Morgan fingerprint density at radius 1 is 0.821 bits per heavy atom. The minimum absolute atomic E-state index is 0.574. The van der Waals surface area contributed by atoms with Crippen molar-refractivity contribution in [3.63, 3.8) is 0 Å². The van der Waals surface area contributed by atoms with Crippen molar-refractivity contribution in [1.29, 1.82) is 0 Å². The van der Waals surface area contributed by atoms with Gasteiger partial charge in [0, 0.05) is 0 Å². The summed E-state index contributed by atoms with van der Waals surface area (Å²) in [6.45, 7) is 3.79. The molecule has 2 rings (SSSR count). The number of hydrogen-bond acceptors (Lipinski definition) is 2. The molecule has 28 heavy (non-hydrogen) atoms. The zero-order valence-corrected chi connectivity index (χ0v) is 17.3. The monoisotopic (exact) mass is 382 g/mol. The summed E-state index contributed by atoms with van der Waals surface area (Å²) in [7, 11) is 0.